The maximum Gasteiger partial charge on any atom is 0.303 e. The van der Waals surface area contributed by atoms with Crippen molar-refractivity contribution in [2.75, 3.05) is 0 Å². The van der Waals surface area contributed by atoms with Gasteiger partial charge in [0.05, 0.1) is 0 Å². The summed E-state index contributed by atoms with van der Waals surface area (Å²) in [6.07, 6.45) is 0.768. The highest BCUT2D eigenvalue weighted by atomic mass is 127. The van der Waals surface area contributed by atoms with Gasteiger partial charge in [-0.25, -0.2) is 0 Å². The Balaban J connectivity index is 2.14. The number of hydrogen-bond donors (Lipinski definition) is 1. The zero-order valence-corrected chi connectivity index (χ0v) is 11.9. The van der Waals surface area contributed by atoms with E-state index in [2.05, 4.69) is 40.8 Å². The summed E-state index contributed by atoms with van der Waals surface area (Å²) in [5.41, 5.74) is 3.41. The molecule has 0 aliphatic carbocycles. The van der Waals surface area contributed by atoms with Gasteiger partial charge in [0.15, 0.2) is 0 Å². The molecule has 2 nitrogen and oxygen atoms in total. The second-order valence-electron chi connectivity index (χ2n) is 4.10. The smallest absolute Gasteiger partial charge is 0.303 e. The SMILES string of the molecule is O=C(O)CCc1ccc(-c2cccc(I)c2)cc1. The Morgan fingerprint density at radius 2 is 1.78 bits per heavy atom. The number of carboxylic acid groups (broad SMARTS) is 1. The Morgan fingerprint density at radius 1 is 1.06 bits per heavy atom. The summed E-state index contributed by atoms with van der Waals surface area (Å²) in [6, 6.07) is 16.4. The minimum atomic E-state index is -0.753. The monoisotopic (exact) mass is 352 g/mol. The van der Waals surface area contributed by atoms with Crippen molar-refractivity contribution in [3.8, 4) is 11.1 Å². The fourth-order valence-electron chi connectivity index (χ4n) is 1.78. The number of carbonyl (C=O) groups is 1. The van der Waals surface area contributed by atoms with E-state index in [9.17, 15) is 4.79 Å². The van der Waals surface area contributed by atoms with Gasteiger partial charge in [0.1, 0.15) is 0 Å². The quantitative estimate of drug-likeness (QED) is 0.846. The molecule has 0 saturated heterocycles. The molecule has 0 spiro atoms. The first-order valence-corrected chi connectivity index (χ1v) is 6.80. The summed E-state index contributed by atoms with van der Waals surface area (Å²) in [5.74, 6) is -0.753. The van der Waals surface area contributed by atoms with Crippen molar-refractivity contribution >= 4 is 28.6 Å². The van der Waals surface area contributed by atoms with Crippen molar-refractivity contribution in [3.05, 3.63) is 57.7 Å². The predicted molar refractivity (Wildman–Crippen MR) is 80.6 cm³/mol. The van der Waals surface area contributed by atoms with E-state index in [-0.39, 0.29) is 6.42 Å². The van der Waals surface area contributed by atoms with Gasteiger partial charge < -0.3 is 5.11 Å². The average molecular weight is 352 g/mol. The second-order valence-corrected chi connectivity index (χ2v) is 5.35. The summed E-state index contributed by atoms with van der Waals surface area (Å²) in [5, 5.41) is 8.64. The van der Waals surface area contributed by atoms with Crippen molar-refractivity contribution in [2.24, 2.45) is 0 Å². The van der Waals surface area contributed by atoms with Crippen LogP contribution in [0.4, 0.5) is 0 Å². The molecule has 0 aliphatic heterocycles. The van der Waals surface area contributed by atoms with Gasteiger partial charge in [-0.05, 0) is 57.8 Å². The number of hydrogen-bond acceptors (Lipinski definition) is 1. The summed E-state index contributed by atoms with van der Waals surface area (Å²) in [6.45, 7) is 0. The molecule has 0 radical (unpaired) electrons. The molecule has 3 heteroatoms. The lowest BCUT2D eigenvalue weighted by atomic mass is 10.0. The maximum atomic E-state index is 10.5. The molecule has 2 aromatic rings. The molecule has 0 amide bonds. The highest BCUT2D eigenvalue weighted by Gasteiger charge is 2.01. The Kier molecular flexibility index (Phi) is 4.36. The lowest BCUT2D eigenvalue weighted by Crippen LogP contribution is -1.97. The first kappa shape index (κ1) is 13.1. The van der Waals surface area contributed by atoms with Crippen molar-refractivity contribution < 1.29 is 9.90 Å². The van der Waals surface area contributed by atoms with Crippen LogP contribution in [0.3, 0.4) is 0 Å². The van der Waals surface area contributed by atoms with Crippen molar-refractivity contribution in [1.29, 1.82) is 0 Å². The summed E-state index contributed by atoms with van der Waals surface area (Å²) >= 11 is 2.29. The van der Waals surface area contributed by atoms with Gasteiger partial charge in [0.2, 0.25) is 0 Å². The average Bonchev–Trinajstić information content (AvgIpc) is 2.37. The van der Waals surface area contributed by atoms with Gasteiger partial charge in [0.25, 0.3) is 0 Å². The third kappa shape index (κ3) is 3.57. The lowest BCUT2D eigenvalue weighted by molar-refractivity contribution is -0.136. The largest absolute Gasteiger partial charge is 0.481 e. The molecular formula is C15H13IO2. The standard InChI is InChI=1S/C15H13IO2/c16-14-3-1-2-13(10-14)12-7-4-11(5-8-12)6-9-15(17)18/h1-5,7-8,10H,6,9H2,(H,17,18). The van der Waals surface area contributed by atoms with Crippen LogP contribution in [0.2, 0.25) is 0 Å². The number of aryl methyl sites for hydroxylation is 1. The molecular weight excluding hydrogens is 339 g/mol. The Labute approximate surface area is 120 Å². The van der Waals surface area contributed by atoms with Crippen LogP contribution in [0, 0.1) is 3.57 Å². The molecule has 1 N–H and O–H groups in total. The fourth-order valence-corrected chi connectivity index (χ4v) is 2.33. The molecule has 0 fully saturated rings. The summed E-state index contributed by atoms with van der Waals surface area (Å²) < 4.78 is 1.21. The molecule has 0 bridgehead atoms. The van der Waals surface area contributed by atoms with Crippen molar-refractivity contribution in [1.82, 2.24) is 0 Å². The lowest BCUT2D eigenvalue weighted by Gasteiger charge is -2.04. The van der Waals surface area contributed by atoms with Crippen LogP contribution in [-0.2, 0) is 11.2 Å². The van der Waals surface area contributed by atoms with Gasteiger partial charge in [0, 0.05) is 9.99 Å². The highest BCUT2D eigenvalue weighted by molar-refractivity contribution is 14.1. The summed E-state index contributed by atoms with van der Waals surface area (Å²) in [4.78, 5) is 10.5. The molecule has 2 aromatic carbocycles. The van der Waals surface area contributed by atoms with E-state index in [1.165, 1.54) is 9.13 Å². The van der Waals surface area contributed by atoms with E-state index in [0.717, 1.165) is 11.1 Å². The minimum Gasteiger partial charge on any atom is -0.481 e. The summed E-state index contributed by atoms with van der Waals surface area (Å²) in [7, 11) is 0. The number of rotatable bonds is 4. The van der Waals surface area contributed by atoms with E-state index >= 15 is 0 Å². The van der Waals surface area contributed by atoms with Crippen molar-refractivity contribution in [3.63, 3.8) is 0 Å². The number of halogens is 1. The van der Waals surface area contributed by atoms with Crippen LogP contribution in [-0.4, -0.2) is 11.1 Å². The number of carboxylic acids is 1. The molecule has 0 unspecified atom stereocenters. The van der Waals surface area contributed by atoms with E-state index in [4.69, 9.17) is 5.11 Å². The fraction of sp³-hybridized carbons (Fsp3) is 0.133. The van der Waals surface area contributed by atoms with Gasteiger partial charge in [-0.3, -0.25) is 4.79 Å². The number of aliphatic carboxylic acids is 1. The van der Waals surface area contributed by atoms with Crippen LogP contribution >= 0.6 is 22.6 Å². The first-order chi connectivity index (χ1) is 8.65. The normalized spacial score (nSPS) is 10.3. The minimum absolute atomic E-state index is 0.183. The van der Waals surface area contributed by atoms with Gasteiger partial charge in [-0.2, -0.15) is 0 Å². The van der Waals surface area contributed by atoms with Gasteiger partial charge >= 0.3 is 5.97 Å². The molecule has 0 aliphatic rings. The van der Waals surface area contributed by atoms with Crippen LogP contribution < -0.4 is 0 Å². The zero-order valence-electron chi connectivity index (χ0n) is 9.77. The highest BCUT2D eigenvalue weighted by Crippen LogP contribution is 2.22. The van der Waals surface area contributed by atoms with E-state index in [0.29, 0.717) is 6.42 Å². The van der Waals surface area contributed by atoms with E-state index < -0.39 is 5.97 Å². The molecule has 0 aromatic heterocycles. The van der Waals surface area contributed by atoms with Crippen LogP contribution in [0.1, 0.15) is 12.0 Å². The van der Waals surface area contributed by atoms with Gasteiger partial charge in [-0.15, -0.1) is 0 Å². The van der Waals surface area contributed by atoms with Crippen LogP contribution in [0.25, 0.3) is 11.1 Å². The zero-order chi connectivity index (χ0) is 13.0. The molecule has 0 saturated carbocycles. The number of benzene rings is 2. The molecule has 0 atom stereocenters. The van der Waals surface area contributed by atoms with E-state index in [1.54, 1.807) is 0 Å². The second kappa shape index (κ2) is 6.00. The Hall–Kier alpha value is -1.36. The Bertz CT molecular complexity index is 547. The van der Waals surface area contributed by atoms with Gasteiger partial charge in [-0.1, -0.05) is 36.4 Å². The third-order valence-corrected chi connectivity index (χ3v) is 3.41. The molecule has 2 rings (SSSR count). The topological polar surface area (TPSA) is 37.3 Å². The van der Waals surface area contributed by atoms with Crippen LogP contribution in [0.15, 0.2) is 48.5 Å². The van der Waals surface area contributed by atoms with Crippen molar-refractivity contribution in [2.45, 2.75) is 12.8 Å². The third-order valence-electron chi connectivity index (χ3n) is 2.74. The molecule has 18 heavy (non-hydrogen) atoms. The predicted octanol–water partition coefficient (Wildman–Crippen LogP) is 3.98. The molecule has 92 valence electrons. The van der Waals surface area contributed by atoms with E-state index in [1.807, 2.05) is 30.3 Å². The Morgan fingerprint density at radius 3 is 2.39 bits per heavy atom. The van der Waals surface area contributed by atoms with Crippen LogP contribution in [0.5, 0.6) is 0 Å². The first-order valence-electron chi connectivity index (χ1n) is 5.72. The molecule has 0 heterocycles. The maximum absolute atomic E-state index is 10.5.